The first-order valence-corrected chi connectivity index (χ1v) is 10.5. The number of hydrogen-bond acceptors (Lipinski definition) is 6. The molecule has 0 heterocycles. The van der Waals surface area contributed by atoms with E-state index in [9.17, 15) is 9.59 Å². The predicted octanol–water partition coefficient (Wildman–Crippen LogP) is 4.55. The van der Waals surface area contributed by atoms with Crippen molar-refractivity contribution in [1.82, 2.24) is 5.43 Å². The quantitative estimate of drug-likeness (QED) is 0.207. The molecule has 3 aromatic carbocycles. The van der Waals surface area contributed by atoms with E-state index in [4.69, 9.17) is 9.47 Å². The van der Waals surface area contributed by atoms with Gasteiger partial charge in [0.25, 0.3) is 5.91 Å². The van der Waals surface area contributed by atoms with Gasteiger partial charge in [-0.2, -0.15) is 5.10 Å². The van der Waals surface area contributed by atoms with Gasteiger partial charge in [-0.25, -0.2) is 10.2 Å². The number of amides is 1. The maximum Gasteiger partial charge on any atom is 0.343 e. The highest BCUT2D eigenvalue weighted by molar-refractivity contribution is 9.10. The van der Waals surface area contributed by atoms with E-state index in [-0.39, 0.29) is 18.2 Å². The zero-order valence-electron chi connectivity index (χ0n) is 17.6. The third-order valence-corrected chi connectivity index (χ3v) is 4.93. The average Bonchev–Trinajstić information content (AvgIpc) is 2.79. The number of methoxy groups -OCH3 is 1. The molecule has 0 spiro atoms. The number of anilines is 1. The van der Waals surface area contributed by atoms with Gasteiger partial charge in [0.2, 0.25) is 0 Å². The number of carbonyl (C=O) groups is 2. The first-order valence-electron chi connectivity index (χ1n) is 9.73. The molecule has 0 saturated carbocycles. The van der Waals surface area contributed by atoms with Crippen molar-refractivity contribution in [2.24, 2.45) is 5.10 Å². The molecule has 2 N–H and O–H groups in total. The van der Waals surface area contributed by atoms with Gasteiger partial charge in [-0.15, -0.1) is 0 Å². The molecule has 0 aliphatic carbocycles. The Morgan fingerprint density at radius 3 is 2.59 bits per heavy atom. The highest BCUT2D eigenvalue weighted by atomic mass is 79.9. The Morgan fingerprint density at radius 1 is 1.03 bits per heavy atom. The Labute approximate surface area is 194 Å². The number of para-hydroxylation sites is 1. The Kier molecular flexibility index (Phi) is 7.99. The SMILES string of the molecule is COc1cc(/C=N\NC(=O)CNc2ccccc2C)ccc1OC(=O)c1cccc(Br)c1. The second kappa shape index (κ2) is 11.1. The van der Waals surface area contributed by atoms with Crippen LogP contribution in [0, 0.1) is 6.92 Å². The number of esters is 1. The Bertz CT molecular complexity index is 1150. The van der Waals surface area contributed by atoms with E-state index in [0.717, 1.165) is 15.7 Å². The average molecular weight is 496 g/mol. The minimum absolute atomic E-state index is 0.0933. The summed E-state index contributed by atoms with van der Waals surface area (Å²) in [5.74, 6) is -0.138. The highest BCUT2D eigenvalue weighted by Gasteiger charge is 2.13. The summed E-state index contributed by atoms with van der Waals surface area (Å²) in [6.45, 7) is 2.06. The second-order valence-corrected chi connectivity index (χ2v) is 7.69. The van der Waals surface area contributed by atoms with E-state index < -0.39 is 5.97 Å². The molecular formula is C24H22BrN3O4. The van der Waals surface area contributed by atoms with Crippen molar-refractivity contribution >= 4 is 39.7 Å². The van der Waals surface area contributed by atoms with Crippen LogP contribution < -0.4 is 20.2 Å². The Balaban J connectivity index is 1.58. The predicted molar refractivity (Wildman–Crippen MR) is 127 cm³/mol. The molecule has 3 rings (SSSR count). The van der Waals surface area contributed by atoms with Gasteiger partial charge in [-0.1, -0.05) is 40.2 Å². The lowest BCUT2D eigenvalue weighted by Crippen LogP contribution is -2.26. The van der Waals surface area contributed by atoms with Crippen molar-refractivity contribution in [3.63, 3.8) is 0 Å². The van der Waals surface area contributed by atoms with Gasteiger partial charge in [-0.3, -0.25) is 4.79 Å². The number of ether oxygens (including phenoxy) is 2. The fourth-order valence-corrected chi connectivity index (χ4v) is 3.19. The number of rotatable bonds is 8. The zero-order chi connectivity index (χ0) is 22.9. The van der Waals surface area contributed by atoms with Gasteiger partial charge in [0.05, 0.1) is 25.4 Å². The van der Waals surface area contributed by atoms with E-state index in [1.54, 1.807) is 36.4 Å². The van der Waals surface area contributed by atoms with Gasteiger partial charge >= 0.3 is 5.97 Å². The van der Waals surface area contributed by atoms with E-state index in [1.807, 2.05) is 37.3 Å². The molecule has 3 aromatic rings. The zero-order valence-corrected chi connectivity index (χ0v) is 19.2. The van der Waals surface area contributed by atoms with Crippen molar-refractivity contribution in [3.8, 4) is 11.5 Å². The summed E-state index contributed by atoms with van der Waals surface area (Å²) in [5.41, 5.74) is 5.49. The van der Waals surface area contributed by atoms with Crippen LogP contribution in [0.5, 0.6) is 11.5 Å². The number of nitrogens with zero attached hydrogens (tertiary/aromatic N) is 1. The summed E-state index contributed by atoms with van der Waals surface area (Å²) in [7, 11) is 1.48. The fourth-order valence-electron chi connectivity index (χ4n) is 2.79. The van der Waals surface area contributed by atoms with Crippen LogP contribution in [0.4, 0.5) is 5.69 Å². The van der Waals surface area contributed by atoms with Gasteiger partial charge in [0, 0.05) is 10.2 Å². The monoisotopic (exact) mass is 495 g/mol. The van der Waals surface area contributed by atoms with Gasteiger partial charge in [-0.05, 0) is 60.5 Å². The number of aryl methyl sites for hydroxylation is 1. The summed E-state index contributed by atoms with van der Waals surface area (Å²) in [6.07, 6.45) is 1.48. The molecule has 0 radical (unpaired) electrons. The Morgan fingerprint density at radius 2 is 1.84 bits per heavy atom. The number of hydrazone groups is 1. The van der Waals surface area contributed by atoms with Gasteiger partial charge in [0.15, 0.2) is 11.5 Å². The van der Waals surface area contributed by atoms with Gasteiger partial charge < -0.3 is 14.8 Å². The minimum atomic E-state index is -0.501. The normalized spacial score (nSPS) is 10.6. The maximum absolute atomic E-state index is 12.4. The number of hydrogen-bond donors (Lipinski definition) is 2. The lowest BCUT2D eigenvalue weighted by Gasteiger charge is -2.10. The van der Waals surface area contributed by atoms with Crippen LogP contribution in [0.3, 0.4) is 0 Å². The van der Waals surface area contributed by atoms with E-state index >= 15 is 0 Å². The number of benzene rings is 3. The summed E-state index contributed by atoms with van der Waals surface area (Å²) < 4.78 is 11.6. The van der Waals surface area contributed by atoms with Crippen molar-refractivity contribution in [2.75, 3.05) is 19.0 Å². The van der Waals surface area contributed by atoms with Crippen LogP contribution in [0.25, 0.3) is 0 Å². The lowest BCUT2D eigenvalue weighted by molar-refractivity contribution is -0.119. The molecule has 0 aliphatic rings. The first-order chi connectivity index (χ1) is 15.5. The smallest absolute Gasteiger partial charge is 0.343 e. The van der Waals surface area contributed by atoms with Crippen LogP contribution in [0.2, 0.25) is 0 Å². The van der Waals surface area contributed by atoms with Gasteiger partial charge in [0.1, 0.15) is 0 Å². The lowest BCUT2D eigenvalue weighted by atomic mass is 10.2. The van der Waals surface area contributed by atoms with Crippen molar-refractivity contribution < 1.29 is 19.1 Å². The second-order valence-electron chi connectivity index (χ2n) is 6.77. The summed E-state index contributed by atoms with van der Waals surface area (Å²) >= 11 is 3.33. The molecule has 0 atom stereocenters. The fraction of sp³-hybridized carbons (Fsp3) is 0.125. The third-order valence-electron chi connectivity index (χ3n) is 4.44. The molecule has 0 fully saturated rings. The molecule has 1 amide bonds. The standard InChI is InChI=1S/C24H22BrN3O4/c1-16-6-3-4-9-20(16)26-15-23(29)28-27-14-17-10-11-21(22(12-17)31-2)32-24(30)18-7-5-8-19(25)13-18/h3-14,26H,15H2,1-2H3,(H,28,29)/b27-14-. The molecule has 0 saturated heterocycles. The first kappa shape index (κ1) is 23.0. The van der Waals surface area contributed by atoms with E-state index in [1.165, 1.54) is 13.3 Å². The molecule has 0 unspecified atom stereocenters. The molecule has 164 valence electrons. The molecular weight excluding hydrogens is 474 g/mol. The Hall–Kier alpha value is -3.65. The maximum atomic E-state index is 12.4. The summed E-state index contributed by atoms with van der Waals surface area (Å²) in [6, 6.07) is 19.6. The van der Waals surface area contributed by atoms with E-state index in [2.05, 4.69) is 31.8 Å². The van der Waals surface area contributed by atoms with E-state index in [0.29, 0.717) is 16.9 Å². The molecule has 8 heteroatoms. The third kappa shape index (κ3) is 6.42. The van der Waals surface area contributed by atoms with Crippen molar-refractivity contribution in [1.29, 1.82) is 0 Å². The molecule has 0 aromatic heterocycles. The molecule has 0 aliphatic heterocycles. The highest BCUT2D eigenvalue weighted by Crippen LogP contribution is 2.28. The topological polar surface area (TPSA) is 89.0 Å². The number of carbonyl (C=O) groups excluding carboxylic acids is 2. The summed E-state index contributed by atoms with van der Waals surface area (Å²) in [4.78, 5) is 24.4. The molecule has 7 nitrogen and oxygen atoms in total. The number of nitrogens with one attached hydrogen (secondary N) is 2. The van der Waals surface area contributed by atoms with Crippen LogP contribution >= 0.6 is 15.9 Å². The van der Waals surface area contributed by atoms with Crippen LogP contribution in [-0.2, 0) is 4.79 Å². The van der Waals surface area contributed by atoms with Crippen LogP contribution in [0.1, 0.15) is 21.5 Å². The molecule has 32 heavy (non-hydrogen) atoms. The van der Waals surface area contributed by atoms with Crippen LogP contribution in [0.15, 0.2) is 76.3 Å². The number of halogens is 1. The minimum Gasteiger partial charge on any atom is -0.493 e. The van der Waals surface area contributed by atoms with Crippen LogP contribution in [-0.4, -0.2) is 31.7 Å². The molecule has 0 bridgehead atoms. The van der Waals surface area contributed by atoms with Crippen molar-refractivity contribution in [3.05, 3.63) is 87.9 Å². The summed E-state index contributed by atoms with van der Waals surface area (Å²) in [5, 5.41) is 7.03. The van der Waals surface area contributed by atoms with Crippen molar-refractivity contribution in [2.45, 2.75) is 6.92 Å². The largest absolute Gasteiger partial charge is 0.493 e.